The number of carbonyl (C=O) groups is 2. The number of amides is 1. The second-order valence-corrected chi connectivity index (χ2v) is 6.84. The SMILES string of the molecule is CCOC(=O)c1nc(SC)sc1C(=O)NC(C)(C)C. The minimum absolute atomic E-state index is 0.0953. The van der Waals surface area contributed by atoms with Gasteiger partial charge >= 0.3 is 5.97 Å². The molecule has 5 nitrogen and oxygen atoms in total. The second-order valence-electron chi connectivity index (χ2n) is 4.79. The van der Waals surface area contributed by atoms with Gasteiger partial charge in [-0.25, -0.2) is 9.78 Å². The number of thiazole rings is 1. The van der Waals surface area contributed by atoms with Gasteiger partial charge in [-0.05, 0) is 34.0 Å². The number of hydrogen-bond acceptors (Lipinski definition) is 6. The van der Waals surface area contributed by atoms with Gasteiger partial charge in [-0.15, -0.1) is 11.3 Å². The van der Waals surface area contributed by atoms with Crippen molar-refractivity contribution in [2.24, 2.45) is 0 Å². The number of nitrogens with zero attached hydrogens (tertiary/aromatic N) is 1. The third-order valence-corrected chi connectivity index (χ3v) is 3.99. The molecule has 0 radical (unpaired) electrons. The number of hydrogen-bond donors (Lipinski definition) is 1. The summed E-state index contributed by atoms with van der Waals surface area (Å²) in [7, 11) is 0. The van der Waals surface area contributed by atoms with E-state index < -0.39 is 5.97 Å². The summed E-state index contributed by atoms with van der Waals surface area (Å²) >= 11 is 2.60. The first-order valence-corrected chi connectivity index (χ1v) is 7.87. The van der Waals surface area contributed by atoms with Crippen LogP contribution in [0.1, 0.15) is 47.9 Å². The van der Waals surface area contributed by atoms with E-state index in [-0.39, 0.29) is 23.7 Å². The van der Waals surface area contributed by atoms with Gasteiger partial charge in [0.15, 0.2) is 10.0 Å². The van der Waals surface area contributed by atoms with E-state index in [0.717, 1.165) is 0 Å². The fourth-order valence-corrected chi connectivity index (χ4v) is 2.72. The summed E-state index contributed by atoms with van der Waals surface area (Å²) in [6, 6.07) is 0. The van der Waals surface area contributed by atoms with Crippen molar-refractivity contribution in [3.8, 4) is 0 Å². The summed E-state index contributed by atoms with van der Waals surface area (Å²) in [4.78, 5) is 28.4. The molecule has 7 heteroatoms. The first kappa shape index (κ1) is 16.0. The van der Waals surface area contributed by atoms with Crippen molar-refractivity contribution in [2.75, 3.05) is 12.9 Å². The summed E-state index contributed by atoms with van der Waals surface area (Å²) in [6.07, 6.45) is 1.85. The van der Waals surface area contributed by atoms with E-state index in [9.17, 15) is 9.59 Å². The standard InChI is InChI=1S/C12H18N2O3S2/c1-6-17-10(16)7-8(19-11(13-7)18-5)9(15)14-12(2,3)4/h6H2,1-5H3,(H,14,15). The van der Waals surface area contributed by atoms with Crippen molar-refractivity contribution >= 4 is 35.0 Å². The van der Waals surface area contributed by atoms with E-state index in [1.165, 1.54) is 23.1 Å². The monoisotopic (exact) mass is 302 g/mol. The first-order valence-electron chi connectivity index (χ1n) is 5.83. The first-order chi connectivity index (χ1) is 8.78. The Kier molecular flexibility index (Phi) is 5.37. The van der Waals surface area contributed by atoms with Crippen LogP contribution in [0.5, 0.6) is 0 Å². The molecular weight excluding hydrogens is 284 g/mol. The van der Waals surface area contributed by atoms with Crippen LogP contribution in [0.3, 0.4) is 0 Å². The molecule has 0 fully saturated rings. The van der Waals surface area contributed by atoms with Crippen LogP contribution < -0.4 is 5.32 Å². The number of thioether (sulfide) groups is 1. The van der Waals surface area contributed by atoms with E-state index in [1.54, 1.807) is 6.92 Å². The minimum atomic E-state index is -0.557. The normalized spacial score (nSPS) is 11.2. The van der Waals surface area contributed by atoms with Gasteiger partial charge in [0, 0.05) is 5.54 Å². The molecular formula is C12H18N2O3S2. The maximum absolute atomic E-state index is 12.2. The highest BCUT2D eigenvalue weighted by atomic mass is 32.2. The third kappa shape index (κ3) is 4.50. The minimum Gasteiger partial charge on any atom is -0.461 e. The number of ether oxygens (including phenoxy) is 1. The highest BCUT2D eigenvalue weighted by Crippen LogP contribution is 2.26. The largest absolute Gasteiger partial charge is 0.461 e. The van der Waals surface area contributed by atoms with Crippen LogP contribution in [0.4, 0.5) is 0 Å². The van der Waals surface area contributed by atoms with Crippen LogP contribution >= 0.6 is 23.1 Å². The van der Waals surface area contributed by atoms with Crippen LogP contribution in [0.25, 0.3) is 0 Å². The average Bonchev–Trinajstić information content (AvgIpc) is 2.71. The van der Waals surface area contributed by atoms with Crippen molar-refractivity contribution in [1.82, 2.24) is 10.3 Å². The molecule has 1 rings (SSSR count). The van der Waals surface area contributed by atoms with Crippen LogP contribution in [0, 0.1) is 0 Å². The van der Waals surface area contributed by atoms with Gasteiger partial charge in [0.1, 0.15) is 4.88 Å². The van der Waals surface area contributed by atoms with E-state index in [2.05, 4.69) is 10.3 Å². The Labute approximate surface area is 121 Å². The number of rotatable bonds is 4. The number of nitrogens with one attached hydrogen (secondary N) is 1. The molecule has 0 bridgehead atoms. The van der Waals surface area contributed by atoms with E-state index >= 15 is 0 Å². The van der Waals surface area contributed by atoms with Gasteiger partial charge in [-0.3, -0.25) is 4.79 Å². The number of carbonyl (C=O) groups excluding carboxylic acids is 2. The summed E-state index contributed by atoms with van der Waals surface area (Å²) in [5.74, 6) is -0.855. The Balaban J connectivity index is 3.08. The average molecular weight is 302 g/mol. The maximum Gasteiger partial charge on any atom is 0.358 e. The Morgan fingerprint density at radius 2 is 2.05 bits per heavy atom. The lowest BCUT2D eigenvalue weighted by atomic mass is 10.1. The summed E-state index contributed by atoms with van der Waals surface area (Å²) in [5.41, 5.74) is -0.273. The fourth-order valence-electron chi connectivity index (χ4n) is 1.28. The predicted octanol–water partition coefficient (Wildman–Crippen LogP) is 2.57. The summed E-state index contributed by atoms with van der Waals surface area (Å²) < 4.78 is 5.59. The lowest BCUT2D eigenvalue weighted by molar-refractivity contribution is 0.0515. The van der Waals surface area contributed by atoms with Gasteiger partial charge in [-0.2, -0.15) is 0 Å². The molecule has 1 aromatic rings. The molecule has 0 aliphatic rings. The van der Waals surface area contributed by atoms with Gasteiger partial charge in [0.2, 0.25) is 0 Å². The van der Waals surface area contributed by atoms with E-state index in [1.807, 2.05) is 27.0 Å². The Morgan fingerprint density at radius 3 is 2.53 bits per heavy atom. The maximum atomic E-state index is 12.2. The molecule has 0 unspecified atom stereocenters. The lowest BCUT2D eigenvalue weighted by Crippen LogP contribution is -2.40. The van der Waals surface area contributed by atoms with Gasteiger partial charge < -0.3 is 10.1 Å². The lowest BCUT2D eigenvalue weighted by Gasteiger charge is -2.19. The highest BCUT2D eigenvalue weighted by Gasteiger charge is 2.26. The summed E-state index contributed by atoms with van der Waals surface area (Å²) in [6.45, 7) is 7.61. The molecule has 0 spiro atoms. The van der Waals surface area contributed by atoms with Crippen molar-refractivity contribution in [3.63, 3.8) is 0 Å². The van der Waals surface area contributed by atoms with Crippen LogP contribution in [0.15, 0.2) is 4.34 Å². The van der Waals surface area contributed by atoms with Gasteiger partial charge in [0.25, 0.3) is 5.91 Å². The van der Waals surface area contributed by atoms with E-state index in [4.69, 9.17) is 4.74 Å². The molecule has 0 saturated carbocycles. The molecule has 106 valence electrons. The van der Waals surface area contributed by atoms with Crippen molar-refractivity contribution in [3.05, 3.63) is 10.6 Å². The van der Waals surface area contributed by atoms with Gasteiger partial charge in [-0.1, -0.05) is 11.8 Å². The zero-order valence-corrected chi connectivity index (χ0v) is 13.3. The summed E-state index contributed by atoms with van der Waals surface area (Å²) in [5, 5.41) is 2.82. The van der Waals surface area contributed by atoms with Crippen LogP contribution in [-0.4, -0.2) is 35.3 Å². The highest BCUT2D eigenvalue weighted by molar-refractivity contribution is 8.00. The van der Waals surface area contributed by atoms with Crippen LogP contribution in [0.2, 0.25) is 0 Å². The molecule has 0 aliphatic carbocycles. The van der Waals surface area contributed by atoms with Crippen LogP contribution in [-0.2, 0) is 4.74 Å². The Morgan fingerprint density at radius 1 is 1.42 bits per heavy atom. The second kappa shape index (κ2) is 6.38. The Bertz CT molecular complexity index is 478. The Hall–Kier alpha value is -1.08. The van der Waals surface area contributed by atoms with Crippen molar-refractivity contribution in [2.45, 2.75) is 37.6 Å². The molecule has 1 heterocycles. The molecule has 1 N–H and O–H groups in total. The number of aromatic nitrogens is 1. The van der Waals surface area contributed by atoms with E-state index in [0.29, 0.717) is 9.22 Å². The predicted molar refractivity (Wildman–Crippen MR) is 77.1 cm³/mol. The fraction of sp³-hybridized carbons (Fsp3) is 0.583. The zero-order valence-electron chi connectivity index (χ0n) is 11.7. The van der Waals surface area contributed by atoms with Gasteiger partial charge in [0.05, 0.1) is 6.61 Å². The molecule has 1 amide bonds. The number of esters is 1. The third-order valence-electron chi connectivity index (χ3n) is 1.95. The molecule has 1 aromatic heterocycles. The topological polar surface area (TPSA) is 68.3 Å². The molecule has 19 heavy (non-hydrogen) atoms. The zero-order chi connectivity index (χ0) is 14.6. The molecule has 0 atom stereocenters. The van der Waals surface area contributed by atoms with Crippen molar-refractivity contribution < 1.29 is 14.3 Å². The molecule has 0 aromatic carbocycles. The molecule has 0 aliphatic heterocycles. The molecule has 0 saturated heterocycles. The van der Waals surface area contributed by atoms with Crippen molar-refractivity contribution in [1.29, 1.82) is 0 Å². The smallest absolute Gasteiger partial charge is 0.358 e. The quantitative estimate of drug-likeness (QED) is 0.684.